The van der Waals surface area contributed by atoms with Gasteiger partial charge in [-0.1, -0.05) is 20.8 Å². The van der Waals surface area contributed by atoms with E-state index in [9.17, 15) is 13.2 Å². The van der Waals surface area contributed by atoms with Gasteiger partial charge in [0.1, 0.15) is 0 Å². The number of aliphatic imine (C=N–C) groups is 1. The van der Waals surface area contributed by atoms with Gasteiger partial charge in [0.2, 0.25) is 0 Å². The minimum Gasteiger partial charge on any atom is -0.356 e. The first-order valence-corrected chi connectivity index (χ1v) is 9.66. The fraction of sp³-hybridized carbons (Fsp3) is 0.765. The molecule has 1 aliphatic rings. The molecular formula is C17H29F3IN5S. The third kappa shape index (κ3) is 8.51. The van der Waals surface area contributed by atoms with E-state index in [1.54, 1.807) is 18.4 Å². The predicted octanol–water partition coefficient (Wildman–Crippen LogP) is 3.40. The van der Waals surface area contributed by atoms with Crippen LogP contribution in [-0.4, -0.2) is 61.3 Å². The molecule has 0 radical (unpaired) electrons. The van der Waals surface area contributed by atoms with Gasteiger partial charge in [-0.15, -0.1) is 35.3 Å². The summed E-state index contributed by atoms with van der Waals surface area (Å²) in [6.45, 7) is 7.07. The highest BCUT2D eigenvalue weighted by atomic mass is 127. The number of thiazole rings is 1. The maximum absolute atomic E-state index is 12.5. The SMILES string of the molecule is CN=C(NCCc1nc(C(C)(C)C)cs1)NC1CCN(CC(F)(F)F)C1.I. The summed E-state index contributed by atoms with van der Waals surface area (Å²) in [6, 6.07) is -0.0177. The van der Waals surface area contributed by atoms with Crippen LogP contribution in [0.2, 0.25) is 0 Å². The van der Waals surface area contributed by atoms with E-state index in [4.69, 9.17) is 0 Å². The van der Waals surface area contributed by atoms with Crippen molar-refractivity contribution in [3.63, 3.8) is 0 Å². The fourth-order valence-corrected chi connectivity index (χ4v) is 3.82. The molecule has 156 valence electrons. The average Bonchev–Trinajstić information content (AvgIpc) is 3.13. The van der Waals surface area contributed by atoms with Crippen molar-refractivity contribution < 1.29 is 13.2 Å². The lowest BCUT2D eigenvalue weighted by Crippen LogP contribution is -2.45. The van der Waals surface area contributed by atoms with Crippen molar-refractivity contribution in [3.05, 3.63) is 16.1 Å². The standard InChI is InChI=1S/C17H28F3N5S.HI/c1-16(2,3)13-10-26-14(24-13)5-7-22-15(21-4)23-12-6-8-25(9-12)11-17(18,19)20;/h10,12H,5-9,11H2,1-4H3,(H2,21,22,23);1H. The van der Waals surface area contributed by atoms with Crippen molar-refractivity contribution in [2.45, 2.75) is 51.2 Å². The molecule has 0 amide bonds. The molecule has 5 nitrogen and oxygen atoms in total. The van der Waals surface area contributed by atoms with Crippen molar-refractivity contribution >= 4 is 41.3 Å². The number of guanidine groups is 1. The minimum absolute atomic E-state index is 0. The molecule has 2 heterocycles. The van der Waals surface area contributed by atoms with E-state index in [0.29, 0.717) is 32.0 Å². The van der Waals surface area contributed by atoms with Crippen LogP contribution in [0.1, 0.15) is 37.9 Å². The Hall–Kier alpha value is -0.620. The molecule has 0 aliphatic carbocycles. The Morgan fingerprint density at radius 2 is 2.07 bits per heavy atom. The quantitative estimate of drug-likeness (QED) is 0.356. The van der Waals surface area contributed by atoms with Gasteiger partial charge in [-0.25, -0.2) is 4.98 Å². The number of aromatic nitrogens is 1. The highest BCUT2D eigenvalue weighted by Crippen LogP contribution is 2.24. The zero-order valence-electron chi connectivity index (χ0n) is 16.2. The summed E-state index contributed by atoms with van der Waals surface area (Å²) in [4.78, 5) is 10.2. The average molecular weight is 519 g/mol. The lowest BCUT2D eigenvalue weighted by atomic mass is 9.93. The van der Waals surface area contributed by atoms with Gasteiger partial charge < -0.3 is 10.6 Å². The third-order valence-electron chi connectivity index (χ3n) is 4.19. The van der Waals surface area contributed by atoms with E-state index in [-0.39, 0.29) is 35.4 Å². The van der Waals surface area contributed by atoms with Crippen LogP contribution in [0.5, 0.6) is 0 Å². The molecule has 1 fully saturated rings. The Kier molecular flexibility index (Phi) is 9.26. The molecule has 1 aromatic rings. The van der Waals surface area contributed by atoms with Crippen LogP contribution in [0.3, 0.4) is 0 Å². The molecule has 0 saturated carbocycles. The highest BCUT2D eigenvalue weighted by Gasteiger charge is 2.34. The van der Waals surface area contributed by atoms with Crippen LogP contribution in [-0.2, 0) is 11.8 Å². The van der Waals surface area contributed by atoms with E-state index in [1.807, 2.05) is 0 Å². The summed E-state index contributed by atoms with van der Waals surface area (Å²) in [5.41, 5.74) is 1.14. The van der Waals surface area contributed by atoms with Gasteiger partial charge in [-0.05, 0) is 6.42 Å². The van der Waals surface area contributed by atoms with Gasteiger partial charge in [0, 0.05) is 49.9 Å². The molecule has 1 unspecified atom stereocenters. The second-order valence-corrected chi connectivity index (χ2v) is 8.55. The lowest BCUT2D eigenvalue weighted by molar-refractivity contribution is -0.143. The first kappa shape index (κ1) is 24.4. The summed E-state index contributed by atoms with van der Waals surface area (Å²) in [6.07, 6.45) is -2.68. The molecule has 2 rings (SSSR count). The summed E-state index contributed by atoms with van der Waals surface area (Å²) in [5.74, 6) is 0.622. The first-order chi connectivity index (χ1) is 12.1. The predicted molar refractivity (Wildman–Crippen MR) is 115 cm³/mol. The van der Waals surface area contributed by atoms with Crippen LogP contribution in [0.4, 0.5) is 13.2 Å². The maximum atomic E-state index is 12.5. The zero-order chi connectivity index (χ0) is 19.4. The highest BCUT2D eigenvalue weighted by molar-refractivity contribution is 14.0. The summed E-state index contributed by atoms with van der Waals surface area (Å²) in [5, 5.41) is 9.59. The minimum atomic E-state index is -4.14. The normalized spacial score (nSPS) is 19.1. The van der Waals surface area contributed by atoms with E-state index in [0.717, 1.165) is 17.1 Å². The molecule has 1 saturated heterocycles. The van der Waals surface area contributed by atoms with Crippen LogP contribution < -0.4 is 10.6 Å². The second kappa shape index (κ2) is 10.2. The van der Waals surface area contributed by atoms with Gasteiger partial charge in [-0.3, -0.25) is 9.89 Å². The Morgan fingerprint density at radius 3 is 2.63 bits per heavy atom. The molecule has 1 aliphatic heterocycles. The van der Waals surface area contributed by atoms with Gasteiger partial charge in [-0.2, -0.15) is 13.2 Å². The van der Waals surface area contributed by atoms with E-state index >= 15 is 0 Å². The molecule has 10 heteroatoms. The van der Waals surface area contributed by atoms with Crippen LogP contribution in [0.15, 0.2) is 10.4 Å². The molecular weight excluding hydrogens is 490 g/mol. The molecule has 0 bridgehead atoms. The topological polar surface area (TPSA) is 52.6 Å². The molecule has 27 heavy (non-hydrogen) atoms. The number of alkyl halides is 3. The lowest BCUT2D eigenvalue weighted by Gasteiger charge is -2.19. The van der Waals surface area contributed by atoms with E-state index in [2.05, 4.69) is 46.8 Å². The molecule has 0 spiro atoms. The van der Waals surface area contributed by atoms with Crippen LogP contribution in [0.25, 0.3) is 0 Å². The van der Waals surface area contributed by atoms with Gasteiger partial charge in [0.05, 0.1) is 17.2 Å². The smallest absolute Gasteiger partial charge is 0.356 e. The molecule has 0 aromatic carbocycles. The van der Waals surface area contributed by atoms with Crippen LogP contribution >= 0.6 is 35.3 Å². The Labute approximate surface area is 180 Å². The molecule has 2 N–H and O–H groups in total. The van der Waals surface area contributed by atoms with Crippen molar-refractivity contribution in [2.75, 3.05) is 33.2 Å². The Bertz CT molecular complexity index is 612. The summed E-state index contributed by atoms with van der Waals surface area (Å²) >= 11 is 1.65. The molecule has 1 aromatic heterocycles. The Morgan fingerprint density at radius 1 is 1.37 bits per heavy atom. The number of nitrogens with zero attached hydrogens (tertiary/aromatic N) is 3. The van der Waals surface area contributed by atoms with Gasteiger partial charge in [0.25, 0.3) is 0 Å². The monoisotopic (exact) mass is 519 g/mol. The van der Waals surface area contributed by atoms with Crippen molar-refractivity contribution in [3.8, 4) is 0 Å². The second-order valence-electron chi connectivity index (χ2n) is 7.61. The number of hydrogen-bond acceptors (Lipinski definition) is 4. The number of hydrogen-bond donors (Lipinski definition) is 2. The molecule has 1 atom stereocenters. The summed E-state index contributed by atoms with van der Waals surface area (Å²) in [7, 11) is 1.67. The van der Waals surface area contributed by atoms with E-state index in [1.165, 1.54) is 4.90 Å². The van der Waals surface area contributed by atoms with Crippen molar-refractivity contribution in [2.24, 2.45) is 4.99 Å². The fourth-order valence-electron chi connectivity index (χ4n) is 2.79. The third-order valence-corrected chi connectivity index (χ3v) is 5.10. The van der Waals surface area contributed by atoms with Crippen LogP contribution in [0, 0.1) is 0 Å². The number of likely N-dealkylation sites (tertiary alicyclic amines) is 1. The summed E-state index contributed by atoms with van der Waals surface area (Å²) < 4.78 is 37.4. The van der Waals surface area contributed by atoms with E-state index < -0.39 is 12.7 Å². The number of rotatable bonds is 5. The number of halogens is 4. The zero-order valence-corrected chi connectivity index (χ0v) is 19.3. The first-order valence-electron chi connectivity index (χ1n) is 8.78. The maximum Gasteiger partial charge on any atom is 0.401 e. The van der Waals surface area contributed by atoms with Crippen molar-refractivity contribution in [1.29, 1.82) is 0 Å². The van der Waals surface area contributed by atoms with Gasteiger partial charge >= 0.3 is 6.18 Å². The van der Waals surface area contributed by atoms with Gasteiger partial charge in [0.15, 0.2) is 5.96 Å². The number of nitrogens with one attached hydrogen (secondary N) is 2. The Balaban J connectivity index is 0.00000364. The van der Waals surface area contributed by atoms with Crippen molar-refractivity contribution in [1.82, 2.24) is 20.5 Å². The largest absolute Gasteiger partial charge is 0.401 e.